The fraction of sp³-hybridized carbons (Fsp3) is 0.929. The summed E-state index contributed by atoms with van der Waals surface area (Å²) in [5.41, 5.74) is 0. The summed E-state index contributed by atoms with van der Waals surface area (Å²) in [7, 11) is 0. The molecule has 280 valence electrons. The van der Waals surface area contributed by atoms with Crippen LogP contribution >= 0.6 is 0 Å². The Morgan fingerprint density at radius 1 is 0.553 bits per heavy atom. The molecule has 0 rings (SSSR count). The number of amides is 1. The molecule has 0 heterocycles. The number of carbonyl (C=O) groups excluding carboxylic acids is 1. The van der Waals surface area contributed by atoms with Gasteiger partial charge in [-0.1, -0.05) is 168 Å². The highest BCUT2D eigenvalue weighted by molar-refractivity contribution is 5.75. The molecular formula is C42H85N3O2. The second-order valence-corrected chi connectivity index (χ2v) is 14.4. The zero-order valence-corrected chi connectivity index (χ0v) is 32.3. The molecule has 1 amide bonds. The van der Waals surface area contributed by atoms with Gasteiger partial charge in [0.25, 0.3) is 0 Å². The van der Waals surface area contributed by atoms with E-state index >= 15 is 0 Å². The van der Waals surface area contributed by atoms with Crippen molar-refractivity contribution in [2.45, 2.75) is 213 Å². The largest absolute Gasteiger partial charge is 0.390 e. The third-order valence-electron chi connectivity index (χ3n) is 9.54. The monoisotopic (exact) mass is 664 g/mol. The molecule has 0 aliphatic rings. The molecule has 0 spiro atoms. The van der Waals surface area contributed by atoms with E-state index in [0.29, 0.717) is 19.5 Å². The van der Waals surface area contributed by atoms with Crippen LogP contribution in [-0.4, -0.2) is 61.3 Å². The molecule has 0 saturated carbocycles. The van der Waals surface area contributed by atoms with E-state index in [-0.39, 0.29) is 12.0 Å². The first-order valence-corrected chi connectivity index (χ1v) is 21.2. The third kappa shape index (κ3) is 37.8. The summed E-state index contributed by atoms with van der Waals surface area (Å²) in [6, 6.07) is 0. The van der Waals surface area contributed by atoms with Crippen molar-refractivity contribution in [2.75, 3.05) is 39.3 Å². The first-order valence-electron chi connectivity index (χ1n) is 21.2. The minimum Gasteiger partial charge on any atom is -0.390 e. The standard InChI is InChI=1S/C42H85N3O2/c1-4-7-10-12-14-16-18-20-21-22-23-24-26-28-30-32-35-44-42(47)34-36-43-39-41(46)40-45(37-9-6-3)38-33-31-29-27-25-19-17-15-13-11-8-5-2/h20-21,41,43,46H,4-19,22-40H2,1-3H3,(H,44,47)/b21-20+. The van der Waals surface area contributed by atoms with Gasteiger partial charge in [0.2, 0.25) is 5.91 Å². The van der Waals surface area contributed by atoms with Crippen molar-refractivity contribution in [3.63, 3.8) is 0 Å². The molecule has 0 aromatic heterocycles. The smallest absolute Gasteiger partial charge is 0.221 e. The Balaban J connectivity index is 3.65. The number of rotatable bonds is 39. The van der Waals surface area contributed by atoms with E-state index in [0.717, 1.165) is 32.6 Å². The lowest BCUT2D eigenvalue weighted by atomic mass is 10.1. The molecular weight excluding hydrogens is 578 g/mol. The summed E-state index contributed by atoms with van der Waals surface area (Å²) in [6.45, 7) is 11.7. The van der Waals surface area contributed by atoms with E-state index in [9.17, 15) is 9.90 Å². The van der Waals surface area contributed by atoms with Crippen LogP contribution in [-0.2, 0) is 4.79 Å². The summed E-state index contributed by atoms with van der Waals surface area (Å²) < 4.78 is 0. The number of nitrogens with zero attached hydrogens (tertiary/aromatic N) is 1. The molecule has 1 atom stereocenters. The zero-order valence-electron chi connectivity index (χ0n) is 32.3. The number of aliphatic hydroxyl groups is 1. The van der Waals surface area contributed by atoms with Crippen molar-refractivity contribution in [3.8, 4) is 0 Å². The minimum atomic E-state index is -0.381. The highest BCUT2D eigenvalue weighted by atomic mass is 16.3. The molecule has 0 aliphatic heterocycles. The summed E-state index contributed by atoms with van der Waals surface area (Å²) in [5.74, 6) is 0.122. The van der Waals surface area contributed by atoms with Crippen molar-refractivity contribution in [2.24, 2.45) is 0 Å². The molecule has 0 bridgehead atoms. The van der Waals surface area contributed by atoms with Gasteiger partial charge >= 0.3 is 0 Å². The maximum absolute atomic E-state index is 12.2. The molecule has 5 heteroatoms. The summed E-state index contributed by atoms with van der Waals surface area (Å²) in [6.07, 6.45) is 42.0. The van der Waals surface area contributed by atoms with Crippen LogP contribution in [0.2, 0.25) is 0 Å². The number of hydrogen-bond acceptors (Lipinski definition) is 4. The van der Waals surface area contributed by atoms with Gasteiger partial charge in [-0.2, -0.15) is 0 Å². The van der Waals surface area contributed by atoms with Crippen LogP contribution in [0.3, 0.4) is 0 Å². The number of carbonyl (C=O) groups is 1. The predicted molar refractivity (Wildman–Crippen MR) is 208 cm³/mol. The lowest BCUT2D eigenvalue weighted by Crippen LogP contribution is -2.40. The normalized spacial score (nSPS) is 12.4. The maximum Gasteiger partial charge on any atom is 0.221 e. The first-order chi connectivity index (χ1) is 23.1. The van der Waals surface area contributed by atoms with Gasteiger partial charge in [-0.15, -0.1) is 0 Å². The Kier molecular flexibility index (Phi) is 38.8. The molecule has 47 heavy (non-hydrogen) atoms. The molecule has 0 aromatic rings. The lowest BCUT2D eigenvalue weighted by Gasteiger charge is -2.25. The van der Waals surface area contributed by atoms with E-state index in [4.69, 9.17) is 0 Å². The molecule has 0 radical (unpaired) electrons. The van der Waals surface area contributed by atoms with Gasteiger partial charge in [-0.3, -0.25) is 4.79 Å². The number of unbranched alkanes of at least 4 members (excludes halogenated alkanes) is 24. The van der Waals surface area contributed by atoms with E-state index in [2.05, 4.69) is 48.5 Å². The van der Waals surface area contributed by atoms with Crippen molar-refractivity contribution in [3.05, 3.63) is 12.2 Å². The number of hydrogen-bond donors (Lipinski definition) is 3. The highest BCUT2D eigenvalue weighted by Gasteiger charge is 2.11. The molecule has 3 N–H and O–H groups in total. The van der Waals surface area contributed by atoms with E-state index in [1.807, 2.05) is 0 Å². The zero-order chi connectivity index (χ0) is 34.3. The maximum atomic E-state index is 12.2. The van der Waals surface area contributed by atoms with E-state index in [1.165, 1.54) is 173 Å². The second-order valence-electron chi connectivity index (χ2n) is 14.4. The Labute approximate surface area is 295 Å². The van der Waals surface area contributed by atoms with Gasteiger partial charge in [0.05, 0.1) is 6.10 Å². The molecule has 5 nitrogen and oxygen atoms in total. The van der Waals surface area contributed by atoms with Crippen LogP contribution < -0.4 is 10.6 Å². The summed E-state index contributed by atoms with van der Waals surface area (Å²) in [5, 5.41) is 17.0. The third-order valence-corrected chi connectivity index (χ3v) is 9.54. The fourth-order valence-electron chi connectivity index (χ4n) is 6.37. The van der Waals surface area contributed by atoms with E-state index < -0.39 is 0 Å². The molecule has 0 fully saturated rings. The van der Waals surface area contributed by atoms with Crippen molar-refractivity contribution in [1.82, 2.24) is 15.5 Å². The van der Waals surface area contributed by atoms with Crippen LogP contribution in [0.25, 0.3) is 0 Å². The number of allylic oxidation sites excluding steroid dienone is 2. The van der Waals surface area contributed by atoms with Crippen molar-refractivity contribution in [1.29, 1.82) is 0 Å². The SMILES string of the molecule is CCCCCCCC/C=C/CCCCCCCCNC(=O)CCNCC(O)CN(CCCC)CCCCCCCCCCCCCC. The molecule has 0 aliphatic carbocycles. The van der Waals surface area contributed by atoms with Gasteiger partial charge in [0.15, 0.2) is 0 Å². The van der Waals surface area contributed by atoms with Crippen LogP contribution in [0.15, 0.2) is 12.2 Å². The topological polar surface area (TPSA) is 64.6 Å². The molecule has 1 unspecified atom stereocenters. The van der Waals surface area contributed by atoms with Gasteiger partial charge in [-0.25, -0.2) is 0 Å². The lowest BCUT2D eigenvalue weighted by molar-refractivity contribution is -0.121. The summed E-state index contributed by atoms with van der Waals surface area (Å²) >= 11 is 0. The number of aliphatic hydroxyl groups excluding tert-OH is 1. The molecule has 0 aromatic carbocycles. The fourth-order valence-corrected chi connectivity index (χ4v) is 6.37. The van der Waals surface area contributed by atoms with Crippen LogP contribution in [0.1, 0.15) is 207 Å². The molecule has 0 saturated heterocycles. The van der Waals surface area contributed by atoms with Crippen LogP contribution in [0, 0.1) is 0 Å². The van der Waals surface area contributed by atoms with Gasteiger partial charge in [-0.05, 0) is 58.0 Å². The number of nitrogens with one attached hydrogen (secondary N) is 2. The second kappa shape index (κ2) is 39.5. The van der Waals surface area contributed by atoms with Gasteiger partial charge in [0.1, 0.15) is 0 Å². The van der Waals surface area contributed by atoms with Crippen molar-refractivity contribution < 1.29 is 9.90 Å². The Bertz CT molecular complexity index is 641. The Morgan fingerprint density at radius 3 is 1.49 bits per heavy atom. The first kappa shape index (κ1) is 46.1. The average molecular weight is 664 g/mol. The van der Waals surface area contributed by atoms with Crippen LogP contribution in [0.4, 0.5) is 0 Å². The quantitative estimate of drug-likeness (QED) is 0.0452. The van der Waals surface area contributed by atoms with Gasteiger partial charge in [0, 0.05) is 32.6 Å². The summed E-state index contributed by atoms with van der Waals surface area (Å²) in [4.78, 5) is 14.7. The van der Waals surface area contributed by atoms with Crippen molar-refractivity contribution >= 4 is 5.91 Å². The Morgan fingerprint density at radius 2 is 0.979 bits per heavy atom. The van der Waals surface area contributed by atoms with E-state index in [1.54, 1.807) is 0 Å². The van der Waals surface area contributed by atoms with Gasteiger partial charge < -0.3 is 20.6 Å². The predicted octanol–water partition coefficient (Wildman–Crippen LogP) is 11.3. The van der Waals surface area contributed by atoms with Crippen LogP contribution in [0.5, 0.6) is 0 Å². The Hall–Kier alpha value is -0.910. The average Bonchev–Trinajstić information content (AvgIpc) is 3.07. The minimum absolute atomic E-state index is 0.122. The highest BCUT2D eigenvalue weighted by Crippen LogP contribution is 2.13.